The zero-order chi connectivity index (χ0) is 14.9. The topological polar surface area (TPSA) is 54.2 Å². The van der Waals surface area contributed by atoms with Crippen LogP contribution in [-0.4, -0.2) is 33.2 Å². The van der Waals surface area contributed by atoms with Crippen molar-refractivity contribution in [3.8, 4) is 5.69 Å². The predicted octanol–water partition coefficient (Wildman–Crippen LogP) is 2.63. The molecule has 0 bridgehead atoms. The minimum absolute atomic E-state index is 0.0301. The molecule has 22 heavy (non-hydrogen) atoms. The van der Waals surface area contributed by atoms with Gasteiger partial charge in [-0.1, -0.05) is 11.6 Å². The second kappa shape index (κ2) is 5.72. The first-order chi connectivity index (χ1) is 10.9. The van der Waals surface area contributed by atoms with Gasteiger partial charge >= 0.3 is 0 Å². The van der Waals surface area contributed by atoms with Crippen molar-refractivity contribution in [1.29, 1.82) is 0 Å². The highest BCUT2D eigenvalue weighted by molar-refractivity contribution is 5.51. The molecular weight excluding hydrogens is 276 g/mol. The molecule has 1 aromatic carbocycles. The fraction of sp³-hybridized carbons (Fsp3) is 0.529. The molecule has 1 saturated heterocycles. The van der Waals surface area contributed by atoms with Gasteiger partial charge in [-0.25, -0.2) is 4.68 Å². The van der Waals surface area contributed by atoms with E-state index in [2.05, 4.69) is 39.5 Å². The van der Waals surface area contributed by atoms with E-state index in [-0.39, 0.29) is 6.61 Å². The molecule has 2 fully saturated rings. The largest absolute Gasteiger partial charge is 0.390 e. The third-order valence-electron chi connectivity index (χ3n) is 4.99. The Morgan fingerprint density at radius 1 is 1.00 bits per heavy atom. The zero-order valence-corrected chi connectivity index (χ0v) is 12.8. The highest BCUT2D eigenvalue weighted by Crippen LogP contribution is 2.38. The van der Waals surface area contributed by atoms with Gasteiger partial charge in [0.15, 0.2) is 0 Å². The summed E-state index contributed by atoms with van der Waals surface area (Å²) in [6.45, 7) is 2.28. The minimum atomic E-state index is -0.0301. The highest BCUT2D eigenvalue weighted by atomic mass is 16.3. The molecule has 0 atom stereocenters. The fourth-order valence-corrected chi connectivity index (χ4v) is 3.49. The van der Waals surface area contributed by atoms with E-state index < -0.39 is 0 Å². The van der Waals surface area contributed by atoms with Crippen LogP contribution < -0.4 is 4.90 Å². The summed E-state index contributed by atoms with van der Waals surface area (Å²) in [4.78, 5) is 2.43. The molecule has 0 unspecified atom stereocenters. The van der Waals surface area contributed by atoms with Crippen LogP contribution in [0.1, 0.15) is 49.4 Å². The van der Waals surface area contributed by atoms with Crippen molar-refractivity contribution in [3.63, 3.8) is 0 Å². The van der Waals surface area contributed by atoms with Gasteiger partial charge in [0.25, 0.3) is 0 Å². The summed E-state index contributed by atoms with van der Waals surface area (Å²) in [7, 11) is 0. The minimum Gasteiger partial charge on any atom is -0.390 e. The monoisotopic (exact) mass is 298 g/mol. The van der Waals surface area contributed by atoms with E-state index in [9.17, 15) is 5.11 Å². The smallest absolute Gasteiger partial charge is 0.112 e. The maximum Gasteiger partial charge on any atom is 0.112 e. The van der Waals surface area contributed by atoms with E-state index in [0.29, 0.717) is 5.92 Å². The molecule has 0 amide bonds. The summed E-state index contributed by atoms with van der Waals surface area (Å²) in [5.41, 5.74) is 4.15. The Hall–Kier alpha value is -1.88. The van der Waals surface area contributed by atoms with Gasteiger partial charge in [-0.05, 0) is 49.9 Å². The van der Waals surface area contributed by atoms with E-state index in [1.54, 1.807) is 0 Å². The molecule has 1 aliphatic carbocycles. The van der Waals surface area contributed by atoms with Crippen LogP contribution in [0.2, 0.25) is 0 Å². The summed E-state index contributed by atoms with van der Waals surface area (Å²) < 4.78 is 1.92. The highest BCUT2D eigenvalue weighted by Gasteiger charge is 2.28. The molecular formula is C17H22N4O. The molecule has 5 nitrogen and oxygen atoms in total. The van der Waals surface area contributed by atoms with Crippen molar-refractivity contribution in [2.75, 3.05) is 18.0 Å². The second-order valence-electron chi connectivity index (χ2n) is 6.33. The predicted molar refractivity (Wildman–Crippen MR) is 85.3 cm³/mol. The molecule has 1 aromatic heterocycles. The van der Waals surface area contributed by atoms with Crippen LogP contribution in [0.3, 0.4) is 0 Å². The number of anilines is 1. The van der Waals surface area contributed by atoms with Gasteiger partial charge in [-0.15, -0.1) is 5.10 Å². The molecule has 1 N–H and O–H groups in total. The van der Waals surface area contributed by atoms with Crippen molar-refractivity contribution in [1.82, 2.24) is 15.0 Å². The van der Waals surface area contributed by atoms with Gasteiger partial charge < -0.3 is 10.0 Å². The van der Waals surface area contributed by atoms with Crippen molar-refractivity contribution < 1.29 is 5.11 Å². The standard InChI is InChI=1S/C17H22N4O/c22-12-16-17(13-4-3-5-13)21(19-18-16)15-8-6-14(7-9-15)20-10-1-2-11-20/h6-9,13,22H,1-5,10-12H2. The SMILES string of the molecule is OCc1nnn(-c2ccc(N3CCCC3)cc2)c1C1CCC1. The number of aliphatic hydroxyl groups is 1. The number of aliphatic hydroxyl groups excluding tert-OH is 1. The van der Waals surface area contributed by atoms with Gasteiger partial charge in [-0.2, -0.15) is 0 Å². The second-order valence-corrected chi connectivity index (χ2v) is 6.33. The number of nitrogens with zero attached hydrogens (tertiary/aromatic N) is 4. The lowest BCUT2D eigenvalue weighted by atomic mass is 9.82. The Kier molecular flexibility index (Phi) is 3.58. The lowest BCUT2D eigenvalue weighted by Crippen LogP contribution is -2.18. The van der Waals surface area contributed by atoms with Crippen molar-refractivity contribution in [2.45, 2.75) is 44.6 Å². The van der Waals surface area contributed by atoms with E-state index in [1.807, 2.05) is 4.68 Å². The van der Waals surface area contributed by atoms with Crippen molar-refractivity contribution in [3.05, 3.63) is 35.7 Å². The third-order valence-corrected chi connectivity index (χ3v) is 4.99. The maximum absolute atomic E-state index is 9.51. The molecule has 116 valence electrons. The Bertz CT molecular complexity index is 639. The molecule has 1 saturated carbocycles. The summed E-state index contributed by atoms with van der Waals surface area (Å²) in [5.74, 6) is 0.496. The summed E-state index contributed by atoms with van der Waals surface area (Å²) in [5, 5.41) is 18.0. The summed E-state index contributed by atoms with van der Waals surface area (Å²) in [6, 6.07) is 8.58. The number of hydrogen-bond acceptors (Lipinski definition) is 4. The quantitative estimate of drug-likeness (QED) is 0.943. The van der Waals surface area contributed by atoms with Crippen LogP contribution in [0.25, 0.3) is 5.69 Å². The summed E-state index contributed by atoms with van der Waals surface area (Å²) in [6.07, 6.45) is 6.18. The first-order valence-corrected chi connectivity index (χ1v) is 8.27. The number of hydrogen-bond donors (Lipinski definition) is 1. The molecule has 1 aliphatic heterocycles. The molecule has 5 heteroatoms. The maximum atomic E-state index is 9.51. The Labute approximate surface area is 130 Å². The normalized spacial score (nSPS) is 18.7. The van der Waals surface area contributed by atoms with Gasteiger partial charge in [0.05, 0.1) is 18.0 Å². The van der Waals surface area contributed by atoms with Crippen LogP contribution in [0, 0.1) is 0 Å². The van der Waals surface area contributed by atoms with Crippen LogP contribution in [0.5, 0.6) is 0 Å². The third kappa shape index (κ3) is 2.29. The average Bonchev–Trinajstić information content (AvgIpc) is 3.15. The first-order valence-electron chi connectivity index (χ1n) is 8.27. The van der Waals surface area contributed by atoms with E-state index in [1.165, 1.54) is 37.8 Å². The Morgan fingerprint density at radius 2 is 1.68 bits per heavy atom. The molecule has 2 aliphatic rings. The lowest BCUT2D eigenvalue weighted by molar-refractivity contribution is 0.272. The Morgan fingerprint density at radius 3 is 2.27 bits per heavy atom. The average molecular weight is 298 g/mol. The number of rotatable bonds is 4. The Balaban J connectivity index is 1.65. The molecule has 2 aromatic rings. The lowest BCUT2D eigenvalue weighted by Gasteiger charge is -2.26. The van der Waals surface area contributed by atoms with Gasteiger partial charge in [0.2, 0.25) is 0 Å². The first kappa shape index (κ1) is 13.8. The number of aromatic nitrogens is 3. The van der Waals surface area contributed by atoms with Gasteiger partial charge in [0.1, 0.15) is 5.69 Å². The van der Waals surface area contributed by atoms with Crippen molar-refractivity contribution in [2.24, 2.45) is 0 Å². The van der Waals surface area contributed by atoms with Gasteiger partial charge in [-0.3, -0.25) is 0 Å². The molecule has 2 heterocycles. The van der Waals surface area contributed by atoms with Crippen LogP contribution in [0.15, 0.2) is 24.3 Å². The zero-order valence-electron chi connectivity index (χ0n) is 12.8. The fourth-order valence-electron chi connectivity index (χ4n) is 3.49. The number of benzene rings is 1. The van der Waals surface area contributed by atoms with Crippen molar-refractivity contribution >= 4 is 5.69 Å². The van der Waals surface area contributed by atoms with Crippen LogP contribution in [-0.2, 0) is 6.61 Å². The van der Waals surface area contributed by atoms with Crippen LogP contribution in [0.4, 0.5) is 5.69 Å². The van der Waals surface area contributed by atoms with E-state index >= 15 is 0 Å². The molecule has 4 rings (SSSR count). The molecule has 0 spiro atoms. The van der Waals surface area contributed by atoms with Crippen LogP contribution >= 0.6 is 0 Å². The van der Waals surface area contributed by atoms with E-state index in [4.69, 9.17) is 0 Å². The van der Waals surface area contributed by atoms with Gasteiger partial charge in [0, 0.05) is 24.7 Å². The van der Waals surface area contributed by atoms with E-state index in [0.717, 1.165) is 30.2 Å². The molecule has 0 radical (unpaired) electrons. The summed E-state index contributed by atoms with van der Waals surface area (Å²) >= 11 is 0.